The maximum atomic E-state index is 11.6. The number of nitrogens with one attached hydrogen (secondary N) is 2. The Hall–Kier alpha value is -2.11. The van der Waals surface area contributed by atoms with Crippen molar-refractivity contribution in [2.75, 3.05) is 6.54 Å². The molecule has 2 rings (SSSR count). The summed E-state index contributed by atoms with van der Waals surface area (Å²) in [4.78, 5) is 18.4. The average Bonchev–Trinajstić information content (AvgIpc) is 2.88. The van der Waals surface area contributed by atoms with E-state index in [9.17, 15) is 4.79 Å². The van der Waals surface area contributed by atoms with Gasteiger partial charge in [-0.3, -0.25) is 4.79 Å². The van der Waals surface area contributed by atoms with E-state index < -0.39 is 0 Å². The Morgan fingerprint density at radius 1 is 1.56 bits per heavy atom. The zero-order valence-electron chi connectivity index (χ0n) is 8.86. The number of aryl methyl sites for hydroxylation is 1. The highest BCUT2D eigenvalue weighted by Crippen LogP contribution is 2.04. The molecule has 0 aliphatic heterocycles. The van der Waals surface area contributed by atoms with Gasteiger partial charge in [-0.25, -0.2) is 4.98 Å². The molecule has 6 nitrogen and oxygen atoms in total. The second-order valence-corrected chi connectivity index (χ2v) is 3.42. The zero-order valence-corrected chi connectivity index (χ0v) is 8.86. The molecule has 0 unspecified atom stereocenters. The van der Waals surface area contributed by atoms with Gasteiger partial charge >= 0.3 is 0 Å². The molecule has 2 aromatic heterocycles. The quantitative estimate of drug-likeness (QED) is 0.793. The van der Waals surface area contributed by atoms with Crippen molar-refractivity contribution in [3.63, 3.8) is 0 Å². The smallest absolute Gasteiger partial charge is 0.290 e. The fourth-order valence-electron chi connectivity index (χ4n) is 1.32. The second kappa shape index (κ2) is 4.61. The molecule has 0 atom stereocenters. The third kappa shape index (κ3) is 2.28. The van der Waals surface area contributed by atoms with Gasteiger partial charge in [-0.05, 0) is 6.92 Å². The monoisotopic (exact) mass is 220 g/mol. The lowest BCUT2D eigenvalue weighted by Crippen LogP contribution is -2.25. The summed E-state index contributed by atoms with van der Waals surface area (Å²) in [7, 11) is 0. The molecular formula is C10H12N4O2. The van der Waals surface area contributed by atoms with Crippen molar-refractivity contribution in [1.29, 1.82) is 0 Å². The van der Waals surface area contributed by atoms with Crippen molar-refractivity contribution in [3.8, 4) is 0 Å². The van der Waals surface area contributed by atoms with Gasteiger partial charge in [0.25, 0.3) is 5.91 Å². The van der Waals surface area contributed by atoms with Crippen LogP contribution in [0, 0.1) is 6.92 Å². The van der Waals surface area contributed by atoms with E-state index in [2.05, 4.69) is 20.4 Å². The lowest BCUT2D eigenvalue weighted by Gasteiger charge is -2.01. The summed E-state index contributed by atoms with van der Waals surface area (Å²) in [5.41, 5.74) is 1.72. The number of imidazole rings is 1. The summed E-state index contributed by atoms with van der Waals surface area (Å²) in [5.74, 6) is 0.0270. The van der Waals surface area contributed by atoms with E-state index in [0.29, 0.717) is 13.0 Å². The van der Waals surface area contributed by atoms with E-state index in [1.165, 1.54) is 6.20 Å². The van der Waals surface area contributed by atoms with Gasteiger partial charge in [0.05, 0.1) is 12.5 Å². The number of rotatable bonds is 4. The lowest BCUT2D eigenvalue weighted by molar-refractivity contribution is 0.0916. The van der Waals surface area contributed by atoms with Crippen LogP contribution in [0.3, 0.4) is 0 Å². The third-order valence-electron chi connectivity index (χ3n) is 2.19. The van der Waals surface area contributed by atoms with Crippen LogP contribution in [0.15, 0.2) is 23.2 Å². The van der Waals surface area contributed by atoms with Crippen molar-refractivity contribution in [2.45, 2.75) is 13.3 Å². The maximum absolute atomic E-state index is 11.6. The molecule has 0 aromatic carbocycles. The maximum Gasteiger partial charge on any atom is 0.290 e. The van der Waals surface area contributed by atoms with Crippen molar-refractivity contribution in [1.82, 2.24) is 20.4 Å². The Kier molecular flexibility index (Phi) is 3.00. The molecule has 0 aliphatic carbocycles. The molecule has 0 radical (unpaired) electrons. The minimum absolute atomic E-state index is 0.241. The topological polar surface area (TPSA) is 83.8 Å². The van der Waals surface area contributed by atoms with Crippen LogP contribution in [0.25, 0.3) is 0 Å². The van der Waals surface area contributed by atoms with Crippen LogP contribution >= 0.6 is 0 Å². The molecule has 0 saturated heterocycles. The van der Waals surface area contributed by atoms with Crippen LogP contribution in [0.5, 0.6) is 0 Å². The Balaban J connectivity index is 1.83. The van der Waals surface area contributed by atoms with Gasteiger partial charge in [-0.1, -0.05) is 5.16 Å². The van der Waals surface area contributed by atoms with Crippen LogP contribution in [0.2, 0.25) is 0 Å². The number of H-pyrrole nitrogens is 1. The van der Waals surface area contributed by atoms with Crippen molar-refractivity contribution in [2.24, 2.45) is 0 Å². The highest BCUT2D eigenvalue weighted by atomic mass is 16.5. The first-order chi connectivity index (χ1) is 7.77. The SMILES string of the molecule is Cc1cnoc1C(=O)NCCc1cnc[nH]1. The highest BCUT2D eigenvalue weighted by Gasteiger charge is 2.12. The normalized spacial score (nSPS) is 10.3. The summed E-state index contributed by atoms with van der Waals surface area (Å²) in [6.45, 7) is 2.31. The lowest BCUT2D eigenvalue weighted by atomic mass is 10.2. The number of carbonyl (C=O) groups excluding carboxylic acids is 1. The predicted octanol–water partition coefficient (Wildman–Crippen LogP) is 0.679. The third-order valence-corrected chi connectivity index (χ3v) is 2.19. The number of nitrogens with zero attached hydrogens (tertiary/aromatic N) is 2. The van der Waals surface area contributed by atoms with Gasteiger partial charge in [0.2, 0.25) is 5.76 Å². The predicted molar refractivity (Wildman–Crippen MR) is 55.9 cm³/mol. The molecule has 84 valence electrons. The molecule has 2 aromatic rings. The Labute approximate surface area is 92.1 Å². The minimum atomic E-state index is -0.241. The van der Waals surface area contributed by atoms with Crippen molar-refractivity contribution < 1.29 is 9.32 Å². The van der Waals surface area contributed by atoms with Gasteiger partial charge in [0, 0.05) is 30.4 Å². The molecule has 0 fully saturated rings. The van der Waals surface area contributed by atoms with E-state index >= 15 is 0 Å². The molecular weight excluding hydrogens is 208 g/mol. The van der Waals surface area contributed by atoms with E-state index in [4.69, 9.17) is 4.52 Å². The molecule has 16 heavy (non-hydrogen) atoms. The first-order valence-corrected chi connectivity index (χ1v) is 4.94. The van der Waals surface area contributed by atoms with Crippen LogP contribution in [0.4, 0.5) is 0 Å². The van der Waals surface area contributed by atoms with Gasteiger partial charge < -0.3 is 14.8 Å². The molecule has 0 saturated carbocycles. The zero-order chi connectivity index (χ0) is 11.4. The number of amides is 1. The van der Waals surface area contributed by atoms with Gasteiger partial charge in [0.15, 0.2) is 0 Å². The van der Waals surface area contributed by atoms with Crippen LogP contribution in [0.1, 0.15) is 21.8 Å². The molecule has 0 bridgehead atoms. The van der Waals surface area contributed by atoms with Crippen LogP contribution in [-0.4, -0.2) is 27.6 Å². The van der Waals surface area contributed by atoms with Gasteiger partial charge in [0.1, 0.15) is 0 Å². The minimum Gasteiger partial charge on any atom is -0.351 e. The second-order valence-electron chi connectivity index (χ2n) is 3.42. The molecule has 2 heterocycles. The fourth-order valence-corrected chi connectivity index (χ4v) is 1.32. The van der Waals surface area contributed by atoms with Crippen LogP contribution < -0.4 is 5.32 Å². The summed E-state index contributed by atoms with van der Waals surface area (Å²) < 4.78 is 4.83. The molecule has 1 amide bonds. The Morgan fingerprint density at radius 3 is 3.06 bits per heavy atom. The van der Waals surface area contributed by atoms with E-state index in [1.54, 1.807) is 19.4 Å². The van der Waals surface area contributed by atoms with E-state index in [0.717, 1.165) is 11.3 Å². The number of aromatic nitrogens is 3. The average molecular weight is 220 g/mol. The molecule has 0 spiro atoms. The molecule has 6 heteroatoms. The first kappa shape index (κ1) is 10.4. The number of hydrogen-bond donors (Lipinski definition) is 2. The summed E-state index contributed by atoms with van der Waals surface area (Å²) >= 11 is 0. The summed E-state index contributed by atoms with van der Waals surface area (Å²) in [5, 5.41) is 6.29. The van der Waals surface area contributed by atoms with E-state index in [-0.39, 0.29) is 11.7 Å². The standard InChI is InChI=1S/C10H12N4O2/c1-7-4-14-16-9(7)10(15)12-3-2-8-5-11-6-13-8/h4-6H,2-3H2,1H3,(H,11,13)(H,12,15). The Bertz CT molecular complexity index is 461. The molecule has 0 aliphatic rings. The number of aromatic amines is 1. The summed E-state index contributed by atoms with van der Waals surface area (Å²) in [6, 6.07) is 0. The van der Waals surface area contributed by atoms with Crippen molar-refractivity contribution >= 4 is 5.91 Å². The van der Waals surface area contributed by atoms with E-state index in [1.807, 2.05) is 0 Å². The highest BCUT2D eigenvalue weighted by molar-refractivity contribution is 5.92. The fraction of sp³-hybridized carbons (Fsp3) is 0.300. The number of hydrogen-bond acceptors (Lipinski definition) is 4. The largest absolute Gasteiger partial charge is 0.351 e. The summed E-state index contributed by atoms with van der Waals surface area (Å²) in [6.07, 6.45) is 5.56. The van der Waals surface area contributed by atoms with Gasteiger partial charge in [-0.2, -0.15) is 0 Å². The Morgan fingerprint density at radius 2 is 2.44 bits per heavy atom. The first-order valence-electron chi connectivity index (χ1n) is 4.94. The molecule has 2 N–H and O–H groups in total. The van der Waals surface area contributed by atoms with Gasteiger partial charge in [-0.15, -0.1) is 0 Å². The van der Waals surface area contributed by atoms with Crippen LogP contribution in [-0.2, 0) is 6.42 Å². The van der Waals surface area contributed by atoms with Crippen molar-refractivity contribution in [3.05, 3.63) is 35.7 Å². The number of carbonyl (C=O) groups is 1.